The highest BCUT2D eigenvalue weighted by Gasteiger charge is 2.44. The summed E-state index contributed by atoms with van der Waals surface area (Å²) < 4.78 is 39.9. The Balaban J connectivity index is 1.64. The molecule has 1 N–H and O–H groups in total. The third-order valence-corrected chi connectivity index (χ3v) is 6.12. The van der Waals surface area contributed by atoms with Crippen molar-refractivity contribution < 1.29 is 22.8 Å². The molecule has 0 bridgehead atoms. The first-order chi connectivity index (χ1) is 16.6. The average molecular weight is 518 g/mol. The highest BCUT2D eigenvalue weighted by molar-refractivity contribution is 7.80. The molecule has 3 aromatic rings. The standard InChI is InChI=1S/C25H19ClF3N3O2S/c26-18-11-9-16(10-12-18)15-31-21(14-22(33)30-19-6-2-1-3-7-19)23(34)32(24(31)35)20-8-4-5-17(13-20)25(27,28)29/h1-13,21H,14-15H2,(H,30,33). The Bertz CT molecular complexity index is 1250. The maximum atomic E-state index is 13.4. The summed E-state index contributed by atoms with van der Waals surface area (Å²) >= 11 is 11.5. The second kappa shape index (κ2) is 10.1. The van der Waals surface area contributed by atoms with Crippen molar-refractivity contribution in [1.29, 1.82) is 0 Å². The predicted octanol–water partition coefficient (Wildman–Crippen LogP) is 5.89. The van der Waals surface area contributed by atoms with Crippen molar-refractivity contribution in [2.24, 2.45) is 0 Å². The van der Waals surface area contributed by atoms with Gasteiger partial charge in [0.05, 0.1) is 17.7 Å². The van der Waals surface area contributed by atoms with Crippen LogP contribution in [0.1, 0.15) is 17.5 Å². The van der Waals surface area contributed by atoms with Gasteiger partial charge in [0.1, 0.15) is 6.04 Å². The molecule has 1 atom stereocenters. The third kappa shape index (κ3) is 5.63. The van der Waals surface area contributed by atoms with Gasteiger partial charge in [-0.2, -0.15) is 13.2 Å². The molecule has 0 radical (unpaired) electrons. The fraction of sp³-hybridized carbons (Fsp3) is 0.160. The second-order valence-electron chi connectivity index (χ2n) is 7.89. The van der Waals surface area contributed by atoms with Gasteiger partial charge in [-0.05, 0) is 60.2 Å². The lowest BCUT2D eigenvalue weighted by molar-refractivity contribution is -0.137. The Labute approximate surface area is 210 Å². The maximum absolute atomic E-state index is 13.4. The number of hydrogen-bond acceptors (Lipinski definition) is 3. The number of amides is 2. The van der Waals surface area contributed by atoms with Crippen molar-refractivity contribution in [2.45, 2.75) is 25.2 Å². The minimum absolute atomic E-state index is 0.0121. The van der Waals surface area contributed by atoms with Crippen molar-refractivity contribution in [3.63, 3.8) is 0 Å². The lowest BCUT2D eigenvalue weighted by Crippen LogP contribution is -2.37. The third-order valence-electron chi connectivity index (χ3n) is 5.45. The molecule has 0 spiro atoms. The van der Waals surface area contributed by atoms with E-state index in [0.717, 1.165) is 22.6 Å². The number of para-hydroxylation sites is 1. The van der Waals surface area contributed by atoms with Crippen molar-refractivity contribution in [3.8, 4) is 0 Å². The van der Waals surface area contributed by atoms with Gasteiger partial charge in [-0.15, -0.1) is 0 Å². The Morgan fingerprint density at radius 2 is 1.69 bits per heavy atom. The van der Waals surface area contributed by atoms with E-state index < -0.39 is 29.6 Å². The topological polar surface area (TPSA) is 52.7 Å². The molecule has 1 heterocycles. The summed E-state index contributed by atoms with van der Waals surface area (Å²) in [5.41, 5.74) is 0.412. The largest absolute Gasteiger partial charge is 0.416 e. The van der Waals surface area contributed by atoms with Crippen LogP contribution >= 0.6 is 23.8 Å². The van der Waals surface area contributed by atoms with E-state index in [2.05, 4.69) is 5.32 Å². The van der Waals surface area contributed by atoms with Gasteiger partial charge >= 0.3 is 6.18 Å². The van der Waals surface area contributed by atoms with Crippen molar-refractivity contribution >= 4 is 52.1 Å². The molecule has 180 valence electrons. The second-order valence-corrected chi connectivity index (χ2v) is 8.69. The first kappa shape index (κ1) is 24.7. The molecular weight excluding hydrogens is 499 g/mol. The molecule has 5 nitrogen and oxygen atoms in total. The molecular formula is C25H19ClF3N3O2S. The van der Waals surface area contributed by atoms with Gasteiger partial charge in [-0.1, -0.05) is 48.0 Å². The van der Waals surface area contributed by atoms with Crippen LogP contribution < -0.4 is 10.2 Å². The molecule has 35 heavy (non-hydrogen) atoms. The molecule has 1 unspecified atom stereocenters. The first-order valence-electron chi connectivity index (χ1n) is 10.5. The zero-order valence-electron chi connectivity index (χ0n) is 18.1. The molecule has 0 aliphatic carbocycles. The van der Waals surface area contributed by atoms with Gasteiger partial charge < -0.3 is 10.2 Å². The van der Waals surface area contributed by atoms with Gasteiger partial charge in [0.2, 0.25) is 5.91 Å². The van der Waals surface area contributed by atoms with Crippen molar-refractivity contribution in [1.82, 2.24) is 4.90 Å². The van der Waals surface area contributed by atoms with Gasteiger partial charge in [-0.25, -0.2) is 0 Å². The van der Waals surface area contributed by atoms with Gasteiger partial charge in [0, 0.05) is 17.3 Å². The van der Waals surface area contributed by atoms with E-state index in [4.69, 9.17) is 23.8 Å². The number of anilines is 2. The molecule has 1 fully saturated rings. The van der Waals surface area contributed by atoms with E-state index in [1.54, 1.807) is 59.5 Å². The summed E-state index contributed by atoms with van der Waals surface area (Å²) in [6.45, 7) is 0.167. The number of halogens is 4. The molecule has 10 heteroatoms. The number of thiocarbonyl (C=S) groups is 1. The summed E-state index contributed by atoms with van der Waals surface area (Å²) in [6, 6.07) is 19.0. The SMILES string of the molecule is O=C(CC1C(=O)N(c2cccc(C(F)(F)F)c2)C(=S)N1Cc1ccc(Cl)cc1)Nc1ccccc1. The van der Waals surface area contributed by atoms with E-state index in [0.29, 0.717) is 10.7 Å². The molecule has 3 aromatic carbocycles. The minimum atomic E-state index is -4.58. The maximum Gasteiger partial charge on any atom is 0.416 e. The van der Waals surface area contributed by atoms with E-state index in [1.165, 1.54) is 12.1 Å². The number of nitrogens with one attached hydrogen (secondary N) is 1. The normalized spacial score (nSPS) is 16.1. The van der Waals surface area contributed by atoms with E-state index >= 15 is 0 Å². The number of alkyl halides is 3. The summed E-state index contributed by atoms with van der Waals surface area (Å²) in [4.78, 5) is 28.8. The molecule has 2 amide bonds. The Morgan fingerprint density at radius 1 is 1.00 bits per heavy atom. The highest BCUT2D eigenvalue weighted by Crippen LogP contribution is 2.34. The van der Waals surface area contributed by atoms with Crippen LogP contribution in [-0.2, 0) is 22.3 Å². The van der Waals surface area contributed by atoms with Crippen LogP contribution in [0, 0.1) is 0 Å². The number of carbonyl (C=O) groups excluding carboxylic acids is 2. The van der Waals surface area contributed by atoms with Crippen LogP contribution in [0.3, 0.4) is 0 Å². The molecule has 0 saturated carbocycles. The summed E-state index contributed by atoms with van der Waals surface area (Å²) in [5, 5.41) is 3.28. The molecule has 1 aliphatic rings. The average Bonchev–Trinajstić information content (AvgIpc) is 3.04. The fourth-order valence-corrected chi connectivity index (χ4v) is 4.28. The zero-order chi connectivity index (χ0) is 25.2. The Hall–Kier alpha value is -3.43. The zero-order valence-corrected chi connectivity index (χ0v) is 19.7. The molecule has 4 rings (SSSR count). The minimum Gasteiger partial charge on any atom is -0.332 e. The van der Waals surface area contributed by atoms with Gasteiger partial charge in [-0.3, -0.25) is 14.5 Å². The van der Waals surface area contributed by atoms with Crippen LogP contribution in [0.15, 0.2) is 78.9 Å². The quantitative estimate of drug-likeness (QED) is 0.414. The van der Waals surface area contributed by atoms with Crippen molar-refractivity contribution in [2.75, 3.05) is 10.2 Å². The lowest BCUT2D eigenvalue weighted by atomic mass is 10.1. The summed E-state index contributed by atoms with van der Waals surface area (Å²) in [6.07, 6.45) is -4.82. The number of rotatable bonds is 6. The lowest BCUT2D eigenvalue weighted by Gasteiger charge is -2.24. The van der Waals surface area contributed by atoms with E-state index in [1.807, 2.05) is 0 Å². The Morgan fingerprint density at radius 3 is 2.34 bits per heavy atom. The fourth-order valence-electron chi connectivity index (χ4n) is 3.77. The smallest absolute Gasteiger partial charge is 0.332 e. The first-order valence-corrected chi connectivity index (χ1v) is 11.3. The van der Waals surface area contributed by atoms with Crippen LogP contribution in [-0.4, -0.2) is 27.9 Å². The van der Waals surface area contributed by atoms with Gasteiger partial charge in [0.25, 0.3) is 5.91 Å². The molecule has 1 aliphatic heterocycles. The number of hydrogen-bond donors (Lipinski definition) is 1. The van der Waals surface area contributed by atoms with Crippen LogP contribution in [0.25, 0.3) is 0 Å². The predicted molar refractivity (Wildman–Crippen MR) is 132 cm³/mol. The Kier molecular flexibility index (Phi) is 7.09. The number of benzene rings is 3. The number of carbonyl (C=O) groups is 2. The van der Waals surface area contributed by atoms with Gasteiger partial charge in [0.15, 0.2) is 5.11 Å². The monoisotopic (exact) mass is 517 g/mol. The van der Waals surface area contributed by atoms with Crippen LogP contribution in [0.4, 0.5) is 24.5 Å². The van der Waals surface area contributed by atoms with E-state index in [9.17, 15) is 22.8 Å². The highest BCUT2D eigenvalue weighted by atomic mass is 35.5. The van der Waals surface area contributed by atoms with Crippen LogP contribution in [0.2, 0.25) is 5.02 Å². The summed E-state index contributed by atoms with van der Waals surface area (Å²) in [7, 11) is 0. The molecule has 0 aromatic heterocycles. The number of nitrogens with zero attached hydrogens (tertiary/aromatic N) is 2. The summed E-state index contributed by atoms with van der Waals surface area (Å²) in [5.74, 6) is -1.00. The molecule has 1 saturated heterocycles. The van der Waals surface area contributed by atoms with Crippen molar-refractivity contribution in [3.05, 3.63) is 95.0 Å². The van der Waals surface area contributed by atoms with E-state index in [-0.39, 0.29) is 23.8 Å². The van der Waals surface area contributed by atoms with Crippen LogP contribution in [0.5, 0.6) is 0 Å².